The molecular weight excluding hydrogens is 345 g/mol. The van der Waals surface area contributed by atoms with E-state index < -0.39 is 41.1 Å². The lowest BCUT2D eigenvalue weighted by Gasteiger charge is -2.13. The number of carbonyl (C=O) groups excluding carboxylic acids is 2. The van der Waals surface area contributed by atoms with Crippen molar-refractivity contribution in [3.63, 3.8) is 0 Å². The van der Waals surface area contributed by atoms with E-state index in [0.29, 0.717) is 16.8 Å². The van der Waals surface area contributed by atoms with E-state index in [4.69, 9.17) is 4.74 Å². The largest absolute Gasteiger partial charge is 0.448 e. The average Bonchev–Trinajstić information content (AvgIpc) is 2.86. The number of hydrogen-bond acceptors (Lipinski definition) is 5. The Morgan fingerprint density at radius 1 is 1.21 bits per heavy atom. The van der Waals surface area contributed by atoms with Gasteiger partial charge in [0.1, 0.15) is 4.88 Å². The van der Waals surface area contributed by atoms with Gasteiger partial charge in [-0.05, 0) is 32.9 Å². The van der Waals surface area contributed by atoms with Crippen LogP contribution in [0, 0.1) is 31.3 Å². The number of aromatic nitrogens is 1. The van der Waals surface area contributed by atoms with Crippen LogP contribution < -0.4 is 5.32 Å². The molecule has 9 heteroatoms. The summed E-state index contributed by atoms with van der Waals surface area (Å²) in [5, 5.41) is 2.71. The van der Waals surface area contributed by atoms with Crippen molar-refractivity contribution in [3.8, 4) is 0 Å². The molecule has 1 amide bonds. The first-order chi connectivity index (χ1) is 11.2. The van der Waals surface area contributed by atoms with E-state index in [1.54, 1.807) is 13.8 Å². The van der Waals surface area contributed by atoms with Crippen LogP contribution in [-0.2, 0) is 9.53 Å². The van der Waals surface area contributed by atoms with E-state index in [1.807, 2.05) is 5.32 Å². The third-order valence-electron chi connectivity index (χ3n) is 3.04. The van der Waals surface area contributed by atoms with Gasteiger partial charge in [0.15, 0.2) is 23.6 Å². The number of anilines is 1. The summed E-state index contributed by atoms with van der Waals surface area (Å²) in [6.45, 7) is 4.62. The molecule has 0 spiro atoms. The first-order valence-electron chi connectivity index (χ1n) is 6.80. The van der Waals surface area contributed by atoms with Gasteiger partial charge in [0, 0.05) is 0 Å². The van der Waals surface area contributed by atoms with Crippen LogP contribution in [0.5, 0.6) is 0 Å². The summed E-state index contributed by atoms with van der Waals surface area (Å²) in [6, 6.07) is 1.55. The average molecular weight is 358 g/mol. The number of thiazole rings is 1. The van der Waals surface area contributed by atoms with Gasteiger partial charge in [0.2, 0.25) is 0 Å². The fourth-order valence-electron chi connectivity index (χ4n) is 1.85. The third kappa shape index (κ3) is 3.73. The standard InChI is InChI=1S/C15H13F3N2O3S/c1-6-13(24-8(3)19-6)15(22)23-7(2)14(21)20-10-5-4-9(16)11(17)12(10)18/h4-5,7H,1-3H3,(H,20,21). The van der Waals surface area contributed by atoms with E-state index in [2.05, 4.69) is 4.98 Å². The SMILES string of the molecule is Cc1nc(C)c(C(=O)OC(C)C(=O)Nc2ccc(F)c(F)c2F)s1. The van der Waals surface area contributed by atoms with Gasteiger partial charge < -0.3 is 10.1 Å². The molecule has 1 heterocycles. The van der Waals surface area contributed by atoms with Crippen molar-refractivity contribution < 1.29 is 27.5 Å². The monoisotopic (exact) mass is 358 g/mol. The minimum atomic E-state index is -1.70. The molecule has 5 nitrogen and oxygen atoms in total. The highest BCUT2D eigenvalue weighted by Gasteiger charge is 2.24. The molecule has 0 aliphatic rings. The van der Waals surface area contributed by atoms with Gasteiger partial charge in [-0.1, -0.05) is 0 Å². The van der Waals surface area contributed by atoms with Crippen LogP contribution in [0.1, 0.15) is 27.3 Å². The number of benzene rings is 1. The van der Waals surface area contributed by atoms with E-state index >= 15 is 0 Å². The summed E-state index contributed by atoms with van der Waals surface area (Å²) in [7, 11) is 0. The third-order valence-corrected chi connectivity index (χ3v) is 4.09. The smallest absolute Gasteiger partial charge is 0.351 e. The summed E-state index contributed by atoms with van der Waals surface area (Å²) in [6.07, 6.45) is -1.27. The van der Waals surface area contributed by atoms with Crippen LogP contribution in [-0.4, -0.2) is 23.0 Å². The Labute approximate surface area is 139 Å². The second-order valence-electron chi connectivity index (χ2n) is 4.91. The number of hydrogen-bond donors (Lipinski definition) is 1. The van der Waals surface area contributed by atoms with Gasteiger partial charge in [-0.25, -0.2) is 22.9 Å². The van der Waals surface area contributed by atoms with Crippen molar-refractivity contribution in [3.05, 3.63) is 45.2 Å². The Morgan fingerprint density at radius 3 is 2.46 bits per heavy atom. The predicted molar refractivity (Wildman–Crippen MR) is 81.4 cm³/mol. The molecule has 0 saturated carbocycles. The molecule has 0 bridgehead atoms. The van der Waals surface area contributed by atoms with Crippen molar-refractivity contribution in [2.45, 2.75) is 26.9 Å². The van der Waals surface area contributed by atoms with Crippen LogP contribution in [0.25, 0.3) is 0 Å². The second kappa shape index (κ2) is 7.00. The van der Waals surface area contributed by atoms with E-state index in [0.717, 1.165) is 17.4 Å². The Hall–Kier alpha value is -2.42. The highest BCUT2D eigenvalue weighted by atomic mass is 32.1. The van der Waals surface area contributed by atoms with Crippen LogP contribution in [0.3, 0.4) is 0 Å². The Morgan fingerprint density at radius 2 is 1.88 bits per heavy atom. The quantitative estimate of drug-likeness (QED) is 0.672. The molecule has 1 N–H and O–H groups in total. The zero-order chi connectivity index (χ0) is 18.0. The highest BCUT2D eigenvalue weighted by molar-refractivity contribution is 7.13. The van der Waals surface area contributed by atoms with Crippen LogP contribution in [0.4, 0.5) is 18.9 Å². The van der Waals surface area contributed by atoms with Crippen molar-refractivity contribution in [1.29, 1.82) is 0 Å². The zero-order valence-corrected chi connectivity index (χ0v) is 13.8. The maximum Gasteiger partial charge on any atom is 0.351 e. The second-order valence-corrected chi connectivity index (χ2v) is 6.11. The Balaban J connectivity index is 2.06. The maximum absolute atomic E-state index is 13.5. The fraction of sp³-hybridized carbons (Fsp3) is 0.267. The number of carbonyl (C=O) groups is 2. The molecule has 2 rings (SSSR count). The molecule has 0 radical (unpaired) electrons. The molecule has 24 heavy (non-hydrogen) atoms. The van der Waals surface area contributed by atoms with Crippen LogP contribution >= 0.6 is 11.3 Å². The molecule has 0 aliphatic heterocycles. The van der Waals surface area contributed by atoms with E-state index in [1.165, 1.54) is 6.92 Å². The minimum Gasteiger partial charge on any atom is -0.448 e. The van der Waals surface area contributed by atoms with Gasteiger partial charge in [-0.3, -0.25) is 4.79 Å². The van der Waals surface area contributed by atoms with Crippen molar-refractivity contribution in [1.82, 2.24) is 4.98 Å². The summed E-state index contributed by atoms with van der Waals surface area (Å²) < 4.78 is 44.5. The summed E-state index contributed by atoms with van der Waals surface area (Å²) in [4.78, 5) is 28.3. The molecule has 0 saturated heterocycles. The van der Waals surface area contributed by atoms with Gasteiger partial charge >= 0.3 is 5.97 Å². The number of nitrogens with one attached hydrogen (secondary N) is 1. The predicted octanol–water partition coefficient (Wildman–Crippen LogP) is 3.36. The Kier molecular flexibility index (Phi) is 5.23. The van der Waals surface area contributed by atoms with Gasteiger partial charge in [0.25, 0.3) is 5.91 Å². The van der Waals surface area contributed by atoms with Gasteiger partial charge in [-0.2, -0.15) is 0 Å². The molecule has 1 aromatic heterocycles. The van der Waals surface area contributed by atoms with Crippen LogP contribution in [0.15, 0.2) is 12.1 Å². The van der Waals surface area contributed by atoms with Crippen molar-refractivity contribution >= 4 is 28.9 Å². The molecule has 1 atom stereocenters. The Bertz CT molecular complexity index is 808. The fourth-order valence-corrected chi connectivity index (χ4v) is 2.65. The summed E-state index contributed by atoms with van der Waals surface area (Å²) >= 11 is 1.12. The highest BCUT2D eigenvalue weighted by Crippen LogP contribution is 2.21. The molecule has 0 fully saturated rings. The lowest BCUT2D eigenvalue weighted by atomic mass is 10.2. The van der Waals surface area contributed by atoms with E-state index in [-0.39, 0.29) is 4.88 Å². The summed E-state index contributed by atoms with van der Waals surface area (Å²) in [5.74, 6) is -6.23. The van der Waals surface area contributed by atoms with Crippen molar-refractivity contribution in [2.75, 3.05) is 5.32 Å². The lowest BCUT2D eigenvalue weighted by molar-refractivity contribution is -0.123. The minimum absolute atomic E-state index is 0.256. The summed E-state index contributed by atoms with van der Waals surface area (Å²) in [5.41, 5.74) is -0.0756. The number of aryl methyl sites for hydroxylation is 2. The number of amides is 1. The number of halogens is 3. The number of ether oxygens (including phenoxy) is 1. The lowest BCUT2D eigenvalue weighted by Crippen LogP contribution is -2.30. The molecular formula is C15H13F3N2O3S. The molecule has 1 aromatic carbocycles. The first-order valence-corrected chi connectivity index (χ1v) is 7.61. The first kappa shape index (κ1) is 17.9. The zero-order valence-electron chi connectivity index (χ0n) is 12.9. The number of rotatable bonds is 4. The van der Waals surface area contributed by atoms with Gasteiger partial charge in [-0.15, -0.1) is 11.3 Å². The molecule has 1 unspecified atom stereocenters. The number of nitrogens with zero attached hydrogens (tertiary/aromatic N) is 1. The molecule has 128 valence electrons. The van der Waals surface area contributed by atoms with Crippen molar-refractivity contribution in [2.24, 2.45) is 0 Å². The van der Waals surface area contributed by atoms with Gasteiger partial charge in [0.05, 0.1) is 16.4 Å². The molecule has 2 aromatic rings. The normalized spacial score (nSPS) is 11.9. The number of esters is 1. The topological polar surface area (TPSA) is 68.3 Å². The molecule has 0 aliphatic carbocycles. The van der Waals surface area contributed by atoms with E-state index in [9.17, 15) is 22.8 Å². The maximum atomic E-state index is 13.5. The van der Waals surface area contributed by atoms with Crippen LogP contribution in [0.2, 0.25) is 0 Å².